The average Bonchev–Trinajstić information content (AvgIpc) is 3.23. The number of likely N-dealkylation sites (tertiary alicyclic amines) is 1. The van der Waals surface area contributed by atoms with Crippen LogP contribution in [0.3, 0.4) is 0 Å². The predicted molar refractivity (Wildman–Crippen MR) is 98.4 cm³/mol. The number of hydrogen-bond acceptors (Lipinski definition) is 7. The number of nitrogens with one attached hydrogen (secondary N) is 1. The van der Waals surface area contributed by atoms with Gasteiger partial charge in [0.05, 0.1) is 0 Å². The average molecular weight is 345 g/mol. The Bertz CT molecular complexity index is 667. The highest BCUT2D eigenvalue weighted by Crippen LogP contribution is 2.18. The number of nitrogens with zero attached hydrogens (tertiary/aromatic N) is 3. The smallest absolute Gasteiger partial charge is 0.207 e. The zero-order valence-corrected chi connectivity index (χ0v) is 14.5. The Morgan fingerprint density at radius 3 is 2.92 bits per heavy atom. The monoisotopic (exact) mass is 345 g/mol. The standard InChI is InChI=1S/C17H23N5OS/c18-16-20-21-17(24-16)19-8-1-4-11-23-15-7-5-6-14(12-15)13-22-9-2-3-10-22/h1,4-7,12H,2-3,8-11,13H2,(H2,18,20)(H,19,21)/b4-1-. The molecule has 1 aliphatic rings. The van der Waals surface area contributed by atoms with Crippen molar-refractivity contribution in [3.05, 3.63) is 42.0 Å². The van der Waals surface area contributed by atoms with E-state index in [4.69, 9.17) is 10.5 Å². The lowest BCUT2D eigenvalue weighted by Gasteiger charge is -2.15. The molecular weight excluding hydrogens is 322 g/mol. The number of nitrogen functional groups attached to an aromatic ring is 1. The molecule has 2 aromatic rings. The third kappa shape index (κ3) is 5.21. The minimum atomic E-state index is 0.471. The maximum atomic E-state index is 5.79. The maximum Gasteiger partial charge on any atom is 0.207 e. The summed E-state index contributed by atoms with van der Waals surface area (Å²) < 4.78 is 5.79. The number of nitrogens with two attached hydrogens (primary N) is 1. The van der Waals surface area contributed by atoms with Crippen LogP contribution in [0.4, 0.5) is 10.3 Å². The molecule has 6 nitrogen and oxygen atoms in total. The van der Waals surface area contributed by atoms with Crippen molar-refractivity contribution in [2.24, 2.45) is 0 Å². The van der Waals surface area contributed by atoms with Gasteiger partial charge in [0.1, 0.15) is 12.4 Å². The van der Waals surface area contributed by atoms with Crippen molar-refractivity contribution in [3.8, 4) is 5.75 Å². The van der Waals surface area contributed by atoms with Gasteiger partial charge in [-0.1, -0.05) is 29.5 Å². The molecule has 0 atom stereocenters. The van der Waals surface area contributed by atoms with E-state index in [-0.39, 0.29) is 0 Å². The molecular formula is C17H23N5OS. The van der Waals surface area contributed by atoms with Gasteiger partial charge in [-0.2, -0.15) is 0 Å². The molecule has 2 heterocycles. The van der Waals surface area contributed by atoms with E-state index >= 15 is 0 Å². The summed E-state index contributed by atoms with van der Waals surface area (Å²) in [5, 5.41) is 12.0. The molecule has 1 fully saturated rings. The van der Waals surface area contributed by atoms with E-state index in [0.29, 0.717) is 18.3 Å². The molecule has 1 aliphatic heterocycles. The first-order valence-corrected chi connectivity index (χ1v) is 9.03. The van der Waals surface area contributed by atoms with Crippen LogP contribution in [0.15, 0.2) is 36.4 Å². The van der Waals surface area contributed by atoms with Gasteiger partial charge in [-0.3, -0.25) is 4.90 Å². The van der Waals surface area contributed by atoms with E-state index in [2.05, 4.69) is 38.6 Å². The zero-order chi connectivity index (χ0) is 16.6. The number of benzene rings is 1. The molecule has 128 valence electrons. The van der Waals surface area contributed by atoms with Crippen molar-refractivity contribution in [2.45, 2.75) is 19.4 Å². The minimum absolute atomic E-state index is 0.471. The number of aromatic nitrogens is 2. The SMILES string of the molecule is Nc1nnc(NC/C=C\COc2cccc(CN3CCCC3)c2)s1. The topological polar surface area (TPSA) is 76.3 Å². The van der Waals surface area contributed by atoms with Crippen LogP contribution in [0.2, 0.25) is 0 Å². The minimum Gasteiger partial charge on any atom is -0.490 e. The number of ether oxygens (including phenoxy) is 1. The molecule has 0 bridgehead atoms. The fourth-order valence-corrected chi connectivity index (χ4v) is 3.20. The van der Waals surface area contributed by atoms with Gasteiger partial charge in [0, 0.05) is 13.1 Å². The summed E-state index contributed by atoms with van der Waals surface area (Å²) in [6, 6.07) is 8.36. The molecule has 0 spiro atoms. The zero-order valence-electron chi connectivity index (χ0n) is 13.6. The van der Waals surface area contributed by atoms with Crippen molar-refractivity contribution in [1.82, 2.24) is 15.1 Å². The van der Waals surface area contributed by atoms with Gasteiger partial charge in [0.15, 0.2) is 0 Å². The Labute approximate surface area is 146 Å². The third-order valence-corrected chi connectivity index (χ3v) is 4.54. The number of hydrogen-bond donors (Lipinski definition) is 2. The largest absolute Gasteiger partial charge is 0.490 e. The predicted octanol–water partition coefficient (Wildman–Crippen LogP) is 2.76. The van der Waals surface area contributed by atoms with Crippen LogP contribution >= 0.6 is 11.3 Å². The first kappa shape index (κ1) is 16.7. The lowest BCUT2D eigenvalue weighted by atomic mass is 10.2. The molecule has 3 N–H and O–H groups in total. The Morgan fingerprint density at radius 2 is 2.12 bits per heavy atom. The molecule has 0 amide bonds. The van der Waals surface area contributed by atoms with Crippen molar-refractivity contribution in [1.29, 1.82) is 0 Å². The Balaban J connectivity index is 1.38. The van der Waals surface area contributed by atoms with Crippen LogP contribution in [-0.4, -0.2) is 41.3 Å². The summed E-state index contributed by atoms with van der Waals surface area (Å²) in [7, 11) is 0. The highest BCUT2D eigenvalue weighted by molar-refractivity contribution is 7.18. The normalized spacial score (nSPS) is 15.2. The van der Waals surface area contributed by atoms with Gasteiger partial charge in [0.2, 0.25) is 10.3 Å². The van der Waals surface area contributed by atoms with Crippen LogP contribution in [0.1, 0.15) is 18.4 Å². The second kappa shape index (κ2) is 8.65. The first-order valence-electron chi connectivity index (χ1n) is 8.21. The number of rotatable bonds is 8. The molecule has 7 heteroatoms. The van der Waals surface area contributed by atoms with Gasteiger partial charge in [-0.15, -0.1) is 10.2 Å². The van der Waals surface area contributed by atoms with Crippen LogP contribution in [0, 0.1) is 0 Å². The van der Waals surface area contributed by atoms with Crippen LogP contribution in [0.5, 0.6) is 5.75 Å². The third-order valence-electron chi connectivity index (χ3n) is 3.83. The van der Waals surface area contributed by atoms with Gasteiger partial charge in [-0.05, 0) is 49.7 Å². The molecule has 0 saturated carbocycles. The second-order valence-electron chi connectivity index (χ2n) is 5.74. The summed E-state index contributed by atoms with van der Waals surface area (Å²) in [4.78, 5) is 2.49. The van der Waals surface area contributed by atoms with Crippen LogP contribution in [0.25, 0.3) is 0 Å². The molecule has 1 saturated heterocycles. The fraction of sp³-hybridized carbons (Fsp3) is 0.412. The van der Waals surface area contributed by atoms with E-state index in [1.54, 1.807) is 0 Å². The van der Waals surface area contributed by atoms with Crippen molar-refractivity contribution in [3.63, 3.8) is 0 Å². The van der Waals surface area contributed by atoms with Gasteiger partial charge < -0.3 is 15.8 Å². The highest BCUT2D eigenvalue weighted by atomic mass is 32.1. The van der Waals surface area contributed by atoms with E-state index in [1.165, 1.54) is 42.8 Å². The molecule has 24 heavy (non-hydrogen) atoms. The van der Waals surface area contributed by atoms with E-state index in [1.807, 2.05) is 18.2 Å². The van der Waals surface area contributed by atoms with Crippen LogP contribution < -0.4 is 15.8 Å². The lowest BCUT2D eigenvalue weighted by molar-refractivity contribution is 0.328. The number of anilines is 2. The van der Waals surface area contributed by atoms with Crippen molar-refractivity contribution >= 4 is 21.6 Å². The van der Waals surface area contributed by atoms with Crippen LogP contribution in [-0.2, 0) is 6.54 Å². The lowest BCUT2D eigenvalue weighted by Crippen LogP contribution is -2.18. The molecule has 0 unspecified atom stereocenters. The highest BCUT2D eigenvalue weighted by Gasteiger charge is 2.11. The van der Waals surface area contributed by atoms with Gasteiger partial charge in [0.25, 0.3) is 0 Å². The summed E-state index contributed by atoms with van der Waals surface area (Å²) in [6.45, 7) is 4.66. The summed E-state index contributed by atoms with van der Waals surface area (Å²) in [5.41, 5.74) is 6.84. The van der Waals surface area contributed by atoms with Gasteiger partial charge in [-0.25, -0.2) is 0 Å². The summed E-state index contributed by atoms with van der Waals surface area (Å²) in [5.74, 6) is 0.918. The summed E-state index contributed by atoms with van der Waals surface area (Å²) in [6.07, 6.45) is 6.63. The summed E-state index contributed by atoms with van der Waals surface area (Å²) >= 11 is 1.34. The molecule has 0 radical (unpaired) electrons. The Morgan fingerprint density at radius 1 is 1.25 bits per heavy atom. The van der Waals surface area contributed by atoms with E-state index in [9.17, 15) is 0 Å². The molecule has 1 aromatic heterocycles. The molecule has 0 aliphatic carbocycles. The van der Waals surface area contributed by atoms with E-state index in [0.717, 1.165) is 17.4 Å². The first-order chi connectivity index (χ1) is 11.8. The van der Waals surface area contributed by atoms with Crippen molar-refractivity contribution < 1.29 is 4.74 Å². The molecule has 3 rings (SSSR count). The second-order valence-corrected chi connectivity index (χ2v) is 6.75. The fourth-order valence-electron chi connectivity index (χ4n) is 2.68. The Kier molecular flexibility index (Phi) is 6.03. The Hall–Kier alpha value is -2.12. The molecule has 1 aromatic carbocycles. The van der Waals surface area contributed by atoms with Gasteiger partial charge >= 0.3 is 0 Å². The maximum absolute atomic E-state index is 5.79. The van der Waals surface area contributed by atoms with Crippen molar-refractivity contribution in [2.75, 3.05) is 37.3 Å². The quantitative estimate of drug-likeness (QED) is 0.717. The van der Waals surface area contributed by atoms with E-state index < -0.39 is 0 Å².